The summed E-state index contributed by atoms with van der Waals surface area (Å²) in [5.41, 5.74) is 5.81. The minimum atomic E-state index is -0.495. The van der Waals surface area contributed by atoms with E-state index in [1.54, 1.807) is 24.3 Å². The predicted molar refractivity (Wildman–Crippen MR) is 66.8 cm³/mol. The normalized spacial score (nSPS) is 11.0. The van der Waals surface area contributed by atoms with Crippen LogP contribution in [0.2, 0.25) is 0 Å². The van der Waals surface area contributed by atoms with Crippen LogP contribution < -0.4 is 11.1 Å². The molecule has 0 saturated carbocycles. The highest BCUT2D eigenvalue weighted by Crippen LogP contribution is 2.10. The number of carbonyl (C=O) groups excluding carboxylic acids is 2. The lowest BCUT2D eigenvalue weighted by Gasteiger charge is -2.24. The zero-order valence-electron chi connectivity index (χ0n) is 10.4. The molecule has 0 aliphatic heterocycles. The molecule has 1 aromatic carbocycles. The van der Waals surface area contributed by atoms with Gasteiger partial charge in [0.2, 0.25) is 5.91 Å². The largest absolute Gasteiger partial charge is 0.366 e. The highest BCUT2D eigenvalue weighted by Gasteiger charge is 2.18. The molecule has 1 aromatic rings. The van der Waals surface area contributed by atoms with Crippen molar-refractivity contribution in [2.24, 2.45) is 5.73 Å². The van der Waals surface area contributed by atoms with Crippen LogP contribution in [0.3, 0.4) is 0 Å². The highest BCUT2D eigenvalue weighted by atomic mass is 16.2. The summed E-state index contributed by atoms with van der Waals surface area (Å²) in [6.07, 6.45) is 0.845. The molecule has 0 aromatic heterocycles. The maximum atomic E-state index is 11.9. The molecular weight excluding hydrogens is 216 g/mol. The molecular formula is C13H18N2O2. The Labute approximate surface area is 101 Å². The number of hydrogen-bond acceptors (Lipinski definition) is 2. The van der Waals surface area contributed by atoms with Crippen molar-refractivity contribution < 1.29 is 9.59 Å². The Bertz CT molecular complexity index is 422. The Morgan fingerprint density at radius 3 is 2.06 bits per heavy atom. The van der Waals surface area contributed by atoms with Gasteiger partial charge in [0, 0.05) is 16.7 Å². The summed E-state index contributed by atoms with van der Waals surface area (Å²) < 4.78 is 0. The smallest absolute Gasteiger partial charge is 0.251 e. The summed E-state index contributed by atoms with van der Waals surface area (Å²) in [6, 6.07) is 6.30. The molecule has 0 unspecified atom stereocenters. The third kappa shape index (κ3) is 3.59. The summed E-state index contributed by atoms with van der Waals surface area (Å²) in [7, 11) is 0. The van der Waals surface area contributed by atoms with Crippen LogP contribution in [0, 0.1) is 0 Å². The summed E-state index contributed by atoms with van der Waals surface area (Å²) in [5.74, 6) is -0.640. The van der Waals surface area contributed by atoms with Gasteiger partial charge >= 0.3 is 0 Å². The predicted octanol–water partition coefficient (Wildman–Crippen LogP) is 1.70. The van der Waals surface area contributed by atoms with Crippen LogP contribution in [0.25, 0.3) is 0 Å². The second-order valence-electron chi connectivity index (χ2n) is 4.63. The van der Waals surface area contributed by atoms with E-state index in [1.807, 2.05) is 20.8 Å². The lowest BCUT2D eigenvalue weighted by molar-refractivity contribution is 0.0909. The topological polar surface area (TPSA) is 72.2 Å². The number of nitrogens with one attached hydrogen (secondary N) is 1. The average molecular weight is 234 g/mol. The van der Waals surface area contributed by atoms with E-state index in [0.717, 1.165) is 6.42 Å². The minimum absolute atomic E-state index is 0.145. The molecule has 0 radical (unpaired) electrons. The van der Waals surface area contributed by atoms with Gasteiger partial charge in [-0.2, -0.15) is 0 Å². The Morgan fingerprint density at radius 1 is 1.18 bits per heavy atom. The van der Waals surface area contributed by atoms with E-state index in [4.69, 9.17) is 5.73 Å². The SMILES string of the molecule is CCC(C)(C)NC(=O)c1ccc(C(N)=O)cc1. The standard InChI is InChI=1S/C13H18N2O2/c1-4-13(2,3)15-12(17)10-7-5-9(6-8-10)11(14)16/h5-8H,4H2,1-3H3,(H2,14,16)(H,15,17). The van der Waals surface area contributed by atoms with Gasteiger partial charge in [0.25, 0.3) is 5.91 Å². The Morgan fingerprint density at radius 2 is 1.65 bits per heavy atom. The number of benzene rings is 1. The van der Waals surface area contributed by atoms with Gasteiger partial charge in [0.05, 0.1) is 0 Å². The zero-order valence-corrected chi connectivity index (χ0v) is 10.4. The first kappa shape index (κ1) is 13.2. The van der Waals surface area contributed by atoms with Gasteiger partial charge in [0.15, 0.2) is 0 Å². The van der Waals surface area contributed by atoms with E-state index in [-0.39, 0.29) is 11.4 Å². The van der Waals surface area contributed by atoms with Crippen LogP contribution in [-0.4, -0.2) is 17.4 Å². The van der Waals surface area contributed by atoms with Crippen LogP contribution in [0.1, 0.15) is 47.9 Å². The van der Waals surface area contributed by atoms with Gasteiger partial charge in [-0.1, -0.05) is 6.92 Å². The van der Waals surface area contributed by atoms with Crippen molar-refractivity contribution in [1.82, 2.24) is 5.32 Å². The van der Waals surface area contributed by atoms with Crippen molar-refractivity contribution in [2.45, 2.75) is 32.7 Å². The molecule has 2 amide bonds. The van der Waals surface area contributed by atoms with Crippen molar-refractivity contribution >= 4 is 11.8 Å². The molecule has 0 spiro atoms. The second kappa shape index (κ2) is 4.99. The Balaban J connectivity index is 2.80. The van der Waals surface area contributed by atoms with Crippen LogP contribution >= 0.6 is 0 Å². The summed E-state index contributed by atoms with van der Waals surface area (Å²) in [6.45, 7) is 5.93. The lowest BCUT2D eigenvalue weighted by atomic mass is 10.0. The van der Waals surface area contributed by atoms with E-state index in [9.17, 15) is 9.59 Å². The first-order chi connectivity index (χ1) is 7.85. The number of primary amides is 1. The quantitative estimate of drug-likeness (QED) is 0.832. The molecule has 1 rings (SSSR count). The third-order valence-corrected chi connectivity index (χ3v) is 2.77. The van der Waals surface area contributed by atoms with Crippen LogP contribution in [0.15, 0.2) is 24.3 Å². The number of rotatable bonds is 4. The Hall–Kier alpha value is -1.84. The van der Waals surface area contributed by atoms with E-state index < -0.39 is 5.91 Å². The molecule has 4 nitrogen and oxygen atoms in total. The van der Waals surface area contributed by atoms with E-state index in [2.05, 4.69) is 5.32 Å². The zero-order chi connectivity index (χ0) is 13.1. The fourth-order valence-corrected chi connectivity index (χ4v) is 1.25. The molecule has 3 N–H and O–H groups in total. The molecule has 0 heterocycles. The molecule has 0 aliphatic carbocycles. The molecule has 17 heavy (non-hydrogen) atoms. The van der Waals surface area contributed by atoms with Gasteiger partial charge in [-0.25, -0.2) is 0 Å². The molecule has 0 atom stereocenters. The lowest BCUT2D eigenvalue weighted by Crippen LogP contribution is -2.42. The summed E-state index contributed by atoms with van der Waals surface area (Å²) in [5, 5.41) is 2.92. The van der Waals surface area contributed by atoms with Crippen molar-refractivity contribution in [2.75, 3.05) is 0 Å². The van der Waals surface area contributed by atoms with E-state index in [1.165, 1.54) is 0 Å². The second-order valence-corrected chi connectivity index (χ2v) is 4.63. The van der Waals surface area contributed by atoms with Crippen molar-refractivity contribution in [3.05, 3.63) is 35.4 Å². The van der Waals surface area contributed by atoms with Crippen LogP contribution in [0.5, 0.6) is 0 Å². The average Bonchev–Trinajstić information content (AvgIpc) is 2.28. The highest BCUT2D eigenvalue weighted by molar-refractivity contribution is 5.97. The third-order valence-electron chi connectivity index (χ3n) is 2.77. The van der Waals surface area contributed by atoms with Gasteiger partial charge < -0.3 is 11.1 Å². The Kier molecular flexibility index (Phi) is 3.89. The molecule has 0 aliphatic rings. The van der Waals surface area contributed by atoms with Crippen molar-refractivity contribution in [3.63, 3.8) is 0 Å². The number of carbonyl (C=O) groups is 2. The molecule has 0 bridgehead atoms. The van der Waals surface area contributed by atoms with E-state index in [0.29, 0.717) is 11.1 Å². The van der Waals surface area contributed by atoms with Gasteiger partial charge in [0.1, 0.15) is 0 Å². The summed E-state index contributed by atoms with van der Waals surface area (Å²) in [4.78, 5) is 22.8. The summed E-state index contributed by atoms with van der Waals surface area (Å²) >= 11 is 0. The van der Waals surface area contributed by atoms with Crippen LogP contribution in [0.4, 0.5) is 0 Å². The number of nitrogens with two attached hydrogens (primary N) is 1. The number of hydrogen-bond donors (Lipinski definition) is 2. The fourth-order valence-electron chi connectivity index (χ4n) is 1.25. The maximum Gasteiger partial charge on any atom is 0.251 e. The van der Waals surface area contributed by atoms with Gasteiger partial charge in [-0.15, -0.1) is 0 Å². The van der Waals surface area contributed by atoms with E-state index >= 15 is 0 Å². The first-order valence-electron chi connectivity index (χ1n) is 5.58. The van der Waals surface area contributed by atoms with Crippen molar-refractivity contribution in [1.29, 1.82) is 0 Å². The first-order valence-corrected chi connectivity index (χ1v) is 5.58. The van der Waals surface area contributed by atoms with Gasteiger partial charge in [-0.05, 0) is 44.5 Å². The minimum Gasteiger partial charge on any atom is -0.366 e. The fraction of sp³-hybridized carbons (Fsp3) is 0.385. The molecule has 92 valence electrons. The molecule has 4 heteroatoms. The maximum absolute atomic E-state index is 11.9. The monoisotopic (exact) mass is 234 g/mol. The molecule has 0 fully saturated rings. The van der Waals surface area contributed by atoms with Crippen LogP contribution in [-0.2, 0) is 0 Å². The van der Waals surface area contributed by atoms with Crippen molar-refractivity contribution in [3.8, 4) is 0 Å². The molecule has 0 saturated heterocycles. The number of amides is 2. The van der Waals surface area contributed by atoms with Gasteiger partial charge in [-0.3, -0.25) is 9.59 Å².